The zero-order chi connectivity index (χ0) is 20.0. The topological polar surface area (TPSA) is 56.8 Å². The fraction of sp³-hybridized carbons (Fsp3) is 0.409. The van der Waals surface area contributed by atoms with Gasteiger partial charge in [-0.05, 0) is 62.1 Å². The van der Waals surface area contributed by atoms with Crippen LogP contribution < -0.4 is 19.5 Å². The van der Waals surface area contributed by atoms with Crippen molar-refractivity contribution in [3.05, 3.63) is 53.1 Å². The van der Waals surface area contributed by atoms with Gasteiger partial charge in [0.05, 0.1) is 20.3 Å². The average Bonchev–Trinajstić information content (AvgIpc) is 2.67. The van der Waals surface area contributed by atoms with Crippen molar-refractivity contribution < 1.29 is 19.0 Å². The van der Waals surface area contributed by atoms with Crippen LogP contribution in [0, 0.1) is 13.8 Å². The van der Waals surface area contributed by atoms with Crippen molar-refractivity contribution in [1.29, 1.82) is 0 Å². The zero-order valence-corrected chi connectivity index (χ0v) is 17.0. The van der Waals surface area contributed by atoms with Crippen molar-refractivity contribution in [2.24, 2.45) is 0 Å². The lowest BCUT2D eigenvalue weighted by atomic mass is 10.1. The lowest BCUT2D eigenvalue weighted by molar-refractivity contribution is -0.128. The van der Waals surface area contributed by atoms with E-state index in [1.807, 2.05) is 64.1 Å². The highest BCUT2D eigenvalue weighted by molar-refractivity contribution is 5.81. The quantitative estimate of drug-likeness (QED) is 0.749. The van der Waals surface area contributed by atoms with E-state index in [1.54, 1.807) is 14.2 Å². The second-order valence-electron chi connectivity index (χ2n) is 6.63. The number of benzene rings is 2. The summed E-state index contributed by atoms with van der Waals surface area (Å²) < 4.78 is 16.6. The number of rotatable bonds is 8. The maximum atomic E-state index is 12.7. The van der Waals surface area contributed by atoms with Crippen LogP contribution in [0.3, 0.4) is 0 Å². The standard InChI is InChI=1S/C22H29NO4/c1-7-18(27-20-12-14(2)8-9-15(20)3)22(24)23-16(4)17-10-11-19(25-5)21(13-17)26-6/h8-13,16,18H,7H2,1-6H3,(H,23,24)/t16-,18-/m1/s1. The molecule has 0 heterocycles. The lowest BCUT2D eigenvalue weighted by Gasteiger charge is -2.22. The Morgan fingerprint density at radius 2 is 1.70 bits per heavy atom. The molecule has 0 aliphatic heterocycles. The highest BCUT2D eigenvalue weighted by Crippen LogP contribution is 2.30. The number of ether oxygens (including phenoxy) is 3. The number of amides is 1. The molecule has 0 bridgehead atoms. The van der Waals surface area contributed by atoms with Crippen LogP contribution in [-0.4, -0.2) is 26.2 Å². The van der Waals surface area contributed by atoms with Gasteiger partial charge in [-0.3, -0.25) is 4.79 Å². The summed E-state index contributed by atoms with van der Waals surface area (Å²) in [6, 6.07) is 11.4. The van der Waals surface area contributed by atoms with Gasteiger partial charge in [-0.2, -0.15) is 0 Å². The SMILES string of the molecule is CC[C@@H](Oc1cc(C)ccc1C)C(=O)N[C@H](C)c1ccc(OC)c(OC)c1. The highest BCUT2D eigenvalue weighted by atomic mass is 16.5. The van der Waals surface area contributed by atoms with Gasteiger partial charge in [0.15, 0.2) is 17.6 Å². The summed E-state index contributed by atoms with van der Waals surface area (Å²) in [5.74, 6) is 1.90. The molecule has 5 heteroatoms. The molecular weight excluding hydrogens is 342 g/mol. The van der Waals surface area contributed by atoms with Crippen LogP contribution in [-0.2, 0) is 4.79 Å². The Labute approximate surface area is 161 Å². The third-order valence-corrected chi connectivity index (χ3v) is 4.54. The number of hydrogen-bond donors (Lipinski definition) is 1. The van der Waals surface area contributed by atoms with E-state index in [0.717, 1.165) is 22.4 Å². The van der Waals surface area contributed by atoms with E-state index < -0.39 is 6.10 Å². The van der Waals surface area contributed by atoms with Crippen LogP contribution >= 0.6 is 0 Å². The zero-order valence-electron chi connectivity index (χ0n) is 17.0. The fourth-order valence-corrected chi connectivity index (χ4v) is 2.82. The van der Waals surface area contributed by atoms with Gasteiger partial charge < -0.3 is 19.5 Å². The maximum Gasteiger partial charge on any atom is 0.261 e. The molecule has 0 fully saturated rings. The number of hydrogen-bond acceptors (Lipinski definition) is 4. The molecule has 0 aliphatic rings. The van der Waals surface area contributed by atoms with Gasteiger partial charge in [0.1, 0.15) is 5.75 Å². The summed E-state index contributed by atoms with van der Waals surface area (Å²) in [5.41, 5.74) is 3.05. The summed E-state index contributed by atoms with van der Waals surface area (Å²) in [6.07, 6.45) is 0.0332. The molecule has 0 radical (unpaired) electrons. The van der Waals surface area contributed by atoms with Crippen molar-refractivity contribution >= 4 is 5.91 Å². The van der Waals surface area contributed by atoms with E-state index in [-0.39, 0.29) is 11.9 Å². The van der Waals surface area contributed by atoms with Gasteiger partial charge in [-0.25, -0.2) is 0 Å². The third kappa shape index (κ3) is 5.16. The summed E-state index contributed by atoms with van der Waals surface area (Å²) in [6.45, 7) is 7.86. The van der Waals surface area contributed by atoms with E-state index in [4.69, 9.17) is 14.2 Å². The molecule has 0 unspecified atom stereocenters. The van der Waals surface area contributed by atoms with Crippen molar-refractivity contribution in [3.8, 4) is 17.2 Å². The Bertz CT molecular complexity index is 788. The molecule has 2 atom stereocenters. The van der Waals surface area contributed by atoms with Gasteiger partial charge in [0.25, 0.3) is 5.91 Å². The van der Waals surface area contributed by atoms with Crippen LogP contribution in [0.15, 0.2) is 36.4 Å². The van der Waals surface area contributed by atoms with E-state index >= 15 is 0 Å². The first-order valence-electron chi connectivity index (χ1n) is 9.15. The number of nitrogens with one attached hydrogen (secondary N) is 1. The van der Waals surface area contributed by atoms with Crippen LogP contribution in [0.4, 0.5) is 0 Å². The molecule has 0 saturated carbocycles. The van der Waals surface area contributed by atoms with Crippen LogP contribution in [0.1, 0.15) is 43.0 Å². The summed E-state index contributed by atoms with van der Waals surface area (Å²) in [5, 5.41) is 3.03. The number of carbonyl (C=O) groups excluding carboxylic acids is 1. The fourth-order valence-electron chi connectivity index (χ4n) is 2.82. The molecule has 1 N–H and O–H groups in total. The third-order valence-electron chi connectivity index (χ3n) is 4.54. The Balaban J connectivity index is 2.10. The summed E-state index contributed by atoms with van der Waals surface area (Å²) in [7, 11) is 3.19. The first kappa shape index (κ1) is 20.6. The Morgan fingerprint density at radius 1 is 1.00 bits per heavy atom. The van der Waals surface area contributed by atoms with Crippen LogP contribution in [0.25, 0.3) is 0 Å². The molecule has 0 aromatic heterocycles. The minimum Gasteiger partial charge on any atom is -0.493 e. The molecule has 0 spiro atoms. The van der Waals surface area contributed by atoms with Gasteiger partial charge in [-0.1, -0.05) is 25.1 Å². The minimum absolute atomic E-state index is 0.138. The highest BCUT2D eigenvalue weighted by Gasteiger charge is 2.22. The number of aryl methyl sites for hydroxylation is 2. The van der Waals surface area contributed by atoms with E-state index in [0.29, 0.717) is 17.9 Å². The average molecular weight is 371 g/mol. The minimum atomic E-state index is -0.548. The predicted octanol–water partition coefficient (Wildman–Crippen LogP) is 4.36. The van der Waals surface area contributed by atoms with Crippen LogP contribution in [0.5, 0.6) is 17.2 Å². The Morgan fingerprint density at radius 3 is 2.33 bits per heavy atom. The summed E-state index contributed by atoms with van der Waals surface area (Å²) in [4.78, 5) is 12.7. The van der Waals surface area contributed by atoms with Crippen molar-refractivity contribution in [3.63, 3.8) is 0 Å². The molecular formula is C22H29NO4. The first-order valence-corrected chi connectivity index (χ1v) is 9.15. The van der Waals surface area contributed by atoms with E-state index in [2.05, 4.69) is 5.32 Å². The van der Waals surface area contributed by atoms with Crippen LogP contribution in [0.2, 0.25) is 0 Å². The maximum absolute atomic E-state index is 12.7. The second-order valence-corrected chi connectivity index (χ2v) is 6.63. The molecule has 2 aromatic carbocycles. The first-order chi connectivity index (χ1) is 12.9. The number of carbonyl (C=O) groups is 1. The Hall–Kier alpha value is -2.69. The molecule has 0 saturated heterocycles. The second kappa shape index (κ2) is 9.31. The van der Waals surface area contributed by atoms with Crippen molar-refractivity contribution in [2.45, 2.75) is 46.3 Å². The van der Waals surface area contributed by atoms with Crippen molar-refractivity contribution in [2.75, 3.05) is 14.2 Å². The van der Waals surface area contributed by atoms with Crippen molar-refractivity contribution in [1.82, 2.24) is 5.32 Å². The van der Waals surface area contributed by atoms with Gasteiger partial charge >= 0.3 is 0 Å². The predicted molar refractivity (Wildman–Crippen MR) is 107 cm³/mol. The summed E-state index contributed by atoms with van der Waals surface area (Å²) >= 11 is 0. The van der Waals surface area contributed by atoms with Gasteiger partial charge in [0.2, 0.25) is 0 Å². The number of methoxy groups -OCH3 is 2. The molecule has 2 aromatic rings. The monoisotopic (exact) mass is 371 g/mol. The van der Waals surface area contributed by atoms with Gasteiger partial charge in [0, 0.05) is 0 Å². The molecule has 1 amide bonds. The molecule has 5 nitrogen and oxygen atoms in total. The lowest BCUT2D eigenvalue weighted by Crippen LogP contribution is -2.39. The molecule has 2 rings (SSSR count). The normalized spacial score (nSPS) is 12.8. The van der Waals surface area contributed by atoms with E-state index in [1.165, 1.54) is 0 Å². The molecule has 146 valence electrons. The largest absolute Gasteiger partial charge is 0.493 e. The van der Waals surface area contributed by atoms with E-state index in [9.17, 15) is 4.79 Å². The smallest absolute Gasteiger partial charge is 0.261 e. The van der Waals surface area contributed by atoms with Gasteiger partial charge in [-0.15, -0.1) is 0 Å². The molecule has 27 heavy (non-hydrogen) atoms. The molecule has 0 aliphatic carbocycles. The Kier molecular flexibility index (Phi) is 7.11.